The zero-order chi connectivity index (χ0) is 20.8. The van der Waals surface area contributed by atoms with Crippen molar-refractivity contribution in [2.45, 2.75) is 33.7 Å². The minimum atomic E-state index is -0.805. The molecule has 0 bridgehead atoms. The summed E-state index contributed by atoms with van der Waals surface area (Å²) in [5, 5.41) is 14.0. The molecule has 1 amide bonds. The average molecular weight is 386 g/mol. The Balaban J connectivity index is 2.42. The maximum atomic E-state index is 12.0. The van der Waals surface area contributed by atoms with Crippen molar-refractivity contribution in [3.63, 3.8) is 0 Å². The monoisotopic (exact) mass is 386 g/mol. The maximum absolute atomic E-state index is 12.0. The zero-order valence-corrected chi connectivity index (χ0v) is 16.8. The Morgan fingerprint density at radius 1 is 1.18 bits per heavy atom. The van der Waals surface area contributed by atoms with E-state index < -0.39 is 18.1 Å². The van der Waals surface area contributed by atoms with E-state index in [0.717, 1.165) is 22.4 Å². The molecule has 0 saturated heterocycles. The summed E-state index contributed by atoms with van der Waals surface area (Å²) < 4.78 is 9.71. The van der Waals surface area contributed by atoms with Gasteiger partial charge in [0.2, 0.25) is 0 Å². The fraction of sp³-hybridized carbons (Fsp3) is 0.333. The van der Waals surface area contributed by atoms with E-state index in [2.05, 4.69) is 5.32 Å². The molecule has 7 nitrogen and oxygen atoms in total. The number of nitrogens with zero attached hydrogens (tertiary/aromatic N) is 1. The number of aryl methyl sites for hydroxylation is 1. The Hall–Kier alpha value is -3.06. The molecule has 0 aliphatic carbocycles. The summed E-state index contributed by atoms with van der Waals surface area (Å²) in [5.74, 6) is -0.438. The number of esters is 1. The minimum Gasteiger partial charge on any atom is -0.465 e. The highest BCUT2D eigenvalue weighted by Gasteiger charge is 2.24. The van der Waals surface area contributed by atoms with Gasteiger partial charge in [-0.05, 0) is 56.5 Å². The number of carbonyl (C=O) groups is 2. The first kappa shape index (κ1) is 21.2. The summed E-state index contributed by atoms with van der Waals surface area (Å²) in [6.07, 6.45) is -0.805. The lowest BCUT2D eigenvalue weighted by Gasteiger charge is -2.25. The van der Waals surface area contributed by atoms with E-state index >= 15 is 0 Å². The first-order valence-electron chi connectivity index (χ1n) is 9.01. The lowest BCUT2D eigenvalue weighted by molar-refractivity contribution is -0.101. The molecule has 0 fully saturated rings. The van der Waals surface area contributed by atoms with E-state index in [1.165, 1.54) is 7.11 Å². The number of ether oxygens (including phenoxy) is 2. The summed E-state index contributed by atoms with van der Waals surface area (Å²) in [4.78, 5) is 23.9. The van der Waals surface area contributed by atoms with Crippen LogP contribution in [0.1, 0.15) is 46.9 Å². The van der Waals surface area contributed by atoms with E-state index in [0.29, 0.717) is 16.3 Å². The predicted octanol–water partition coefficient (Wildman–Crippen LogP) is 4.74. The number of amides is 1. The maximum Gasteiger partial charge on any atom is 0.434 e. The fourth-order valence-corrected chi connectivity index (χ4v) is 3.00. The normalized spacial score (nSPS) is 11.5. The van der Waals surface area contributed by atoms with Crippen LogP contribution < -0.4 is 5.32 Å². The van der Waals surface area contributed by atoms with Gasteiger partial charge in [-0.2, -0.15) is 5.06 Å². The number of para-hydroxylation sites is 1. The third kappa shape index (κ3) is 4.43. The smallest absolute Gasteiger partial charge is 0.434 e. The second kappa shape index (κ2) is 9.23. The van der Waals surface area contributed by atoms with Crippen molar-refractivity contribution >= 4 is 23.4 Å². The SMILES string of the molecule is CCOC(=O)N(O)C(C)c1ccc(C)c(Nc2ccccc2C(=O)OC)c1C. The Morgan fingerprint density at radius 3 is 2.50 bits per heavy atom. The van der Waals surface area contributed by atoms with Gasteiger partial charge in [0.15, 0.2) is 0 Å². The number of rotatable bonds is 6. The van der Waals surface area contributed by atoms with Gasteiger partial charge >= 0.3 is 12.1 Å². The molecule has 150 valence electrons. The van der Waals surface area contributed by atoms with Crippen LogP contribution in [0.4, 0.5) is 16.2 Å². The number of hydroxylamine groups is 2. The largest absolute Gasteiger partial charge is 0.465 e. The van der Waals surface area contributed by atoms with Crippen molar-refractivity contribution in [3.8, 4) is 0 Å². The van der Waals surface area contributed by atoms with Crippen molar-refractivity contribution in [1.82, 2.24) is 5.06 Å². The molecule has 2 aromatic rings. The highest BCUT2D eigenvalue weighted by Crippen LogP contribution is 2.33. The summed E-state index contributed by atoms with van der Waals surface area (Å²) in [6.45, 7) is 7.38. The van der Waals surface area contributed by atoms with Gasteiger partial charge in [0.05, 0.1) is 31.0 Å². The van der Waals surface area contributed by atoms with E-state index in [1.54, 1.807) is 32.0 Å². The van der Waals surface area contributed by atoms with Gasteiger partial charge in [0.1, 0.15) is 0 Å². The summed E-state index contributed by atoms with van der Waals surface area (Å²) in [6, 6.07) is 10.2. The van der Waals surface area contributed by atoms with Crippen LogP contribution in [0.25, 0.3) is 0 Å². The number of carbonyl (C=O) groups excluding carboxylic acids is 2. The van der Waals surface area contributed by atoms with Crippen LogP contribution in [0, 0.1) is 13.8 Å². The molecule has 28 heavy (non-hydrogen) atoms. The van der Waals surface area contributed by atoms with Crippen LogP contribution in [0.15, 0.2) is 36.4 Å². The average Bonchev–Trinajstić information content (AvgIpc) is 2.70. The second-order valence-electron chi connectivity index (χ2n) is 6.35. The molecule has 2 rings (SSSR count). The van der Waals surface area contributed by atoms with E-state index in [9.17, 15) is 14.8 Å². The van der Waals surface area contributed by atoms with Gasteiger partial charge in [-0.3, -0.25) is 5.21 Å². The van der Waals surface area contributed by atoms with Gasteiger partial charge in [-0.15, -0.1) is 0 Å². The zero-order valence-electron chi connectivity index (χ0n) is 16.8. The Labute approximate surface area is 164 Å². The molecule has 1 unspecified atom stereocenters. The molecule has 0 aliphatic rings. The molecular formula is C21H26N2O5. The summed E-state index contributed by atoms with van der Waals surface area (Å²) >= 11 is 0. The molecule has 0 aliphatic heterocycles. The topological polar surface area (TPSA) is 88.1 Å². The quantitative estimate of drug-likeness (QED) is 0.423. The molecule has 1 atom stereocenters. The Morgan fingerprint density at radius 2 is 1.86 bits per heavy atom. The Kier molecular flexibility index (Phi) is 7.00. The third-order valence-electron chi connectivity index (χ3n) is 4.58. The summed E-state index contributed by atoms with van der Waals surface area (Å²) in [5.41, 5.74) is 4.36. The lowest BCUT2D eigenvalue weighted by atomic mass is 9.97. The number of anilines is 2. The van der Waals surface area contributed by atoms with Crippen LogP contribution in [-0.4, -0.2) is 36.0 Å². The molecule has 0 heterocycles. The second-order valence-corrected chi connectivity index (χ2v) is 6.35. The van der Waals surface area contributed by atoms with Gasteiger partial charge in [0, 0.05) is 5.69 Å². The van der Waals surface area contributed by atoms with Crippen molar-refractivity contribution in [2.24, 2.45) is 0 Å². The first-order valence-corrected chi connectivity index (χ1v) is 9.01. The van der Waals surface area contributed by atoms with Crippen LogP contribution in [-0.2, 0) is 9.47 Å². The van der Waals surface area contributed by atoms with Crippen molar-refractivity contribution in [1.29, 1.82) is 0 Å². The standard InChI is InChI=1S/C21H26N2O5/c1-6-28-21(25)23(26)15(4)16-12-11-13(2)19(14(16)3)22-18-10-8-7-9-17(18)20(24)27-5/h7-12,15,22,26H,6H2,1-5H3. The molecule has 0 spiro atoms. The number of hydrogen-bond acceptors (Lipinski definition) is 6. The van der Waals surface area contributed by atoms with Gasteiger partial charge in [-0.25, -0.2) is 9.59 Å². The van der Waals surface area contributed by atoms with E-state index in [-0.39, 0.29) is 6.61 Å². The van der Waals surface area contributed by atoms with Crippen LogP contribution >= 0.6 is 0 Å². The van der Waals surface area contributed by atoms with Gasteiger partial charge in [-0.1, -0.05) is 24.3 Å². The third-order valence-corrected chi connectivity index (χ3v) is 4.58. The number of benzene rings is 2. The molecule has 7 heteroatoms. The molecule has 0 saturated carbocycles. The Bertz CT molecular complexity index is 866. The van der Waals surface area contributed by atoms with Crippen molar-refractivity contribution in [3.05, 3.63) is 58.7 Å². The van der Waals surface area contributed by atoms with Crippen LogP contribution in [0.5, 0.6) is 0 Å². The number of methoxy groups -OCH3 is 1. The number of nitrogens with one attached hydrogen (secondary N) is 1. The molecule has 0 aromatic heterocycles. The van der Waals surface area contributed by atoms with Crippen molar-refractivity contribution in [2.75, 3.05) is 19.0 Å². The van der Waals surface area contributed by atoms with Gasteiger partial charge < -0.3 is 14.8 Å². The summed E-state index contributed by atoms with van der Waals surface area (Å²) in [7, 11) is 1.34. The minimum absolute atomic E-state index is 0.173. The van der Waals surface area contributed by atoms with E-state index in [1.807, 2.05) is 32.0 Å². The van der Waals surface area contributed by atoms with E-state index in [4.69, 9.17) is 9.47 Å². The lowest BCUT2D eigenvalue weighted by Crippen LogP contribution is -2.31. The highest BCUT2D eigenvalue weighted by atomic mass is 16.6. The molecule has 2 N–H and O–H groups in total. The van der Waals surface area contributed by atoms with Crippen molar-refractivity contribution < 1.29 is 24.3 Å². The highest BCUT2D eigenvalue weighted by molar-refractivity contribution is 5.96. The molecule has 0 radical (unpaired) electrons. The van der Waals surface area contributed by atoms with Crippen LogP contribution in [0.2, 0.25) is 0 Å². The first-order chi connectivity index (χ1) is 13.3. The number of hydrogen-bond donors (Lipinski definition) is 2. The predicted molar refractivity (Wildman–Crippen MR) is 106 cm³/mol. The molecular weight excluding hydrogens is 360 g/mol. The van der Waals surface area contributed by atoms with Crippen LogP contribution in [0.3, 0.4) is 0 Å². The van der Waals surface area contributed by atoms with Gasteiger partial charge in [0.25, 0.3) is 0 Å². The fourth-order valence-electron chi connectivity index (χ4n) is 3.00. The molecule has 2 aromatic carbocycles.